The molecule has 1 fully saturated rings. The van der Waals surface area contributed by atoms with Crippen LogP contribution in [0.25, 0.3) is 0 Å². The third-order valence-electron chi connectivity index (χ3n) is 3.30. The number of rotatable bonds is 8. The number of halogens is 2. The van der Waals surface area contributed by atoms with Crippen molar-refractivity contribution in [1.82, 2.24) is 10.6 Å². The van der Waals surface area contributed by atoms with Crippen molar-refractivity contribution in [2.45, 2.75) is 38.3 Å². The molecule has 0 saturated heterocycles. The zero-order valence-electron chi connectivity index (χ0n) is 12.0. The Bertz CT molecular complexity index is 505. The number of hydrogen-bond donors (Lipinski definition) is 2. The molecule has 1 aromatic rings. The standard InChI is InChI=1S/C15H20Br2N2O2/c1-21-15-10(7-11(16)8-13(15)17)9-18-6-2-3-14(20)19-12-4-5-12/h7-8,12,18H,2-6,9H2,1H3,(H,19,20). The van der Waals surface area contributed by atoms with Gasteiger partial charge in [-0.2, -0.15) is 0 Å². The molecule has 1 saturated carbocycles. The van der Waals surface area contributed by atoms with Crippen LogP contribution in [0.1, 0.15) is 31.2 Å². The van der Waals surface area contributed by atoms with E-state index in [1.807, 2.05) is 12.1 Å². The largest absolute Gasteiger partial charge is 0.495 e. The fourth-order valence-electron chi connectivity index (χ4n) is 2.10. The maximum absolute atomic E-state index is 11.5. The molecule has 2 N–H and O–H groups in total. The molecule has 1 amide bonds. The lowest BCUT2D eigenvalue weighted by Gasteiger charge is -2.12. The summed E-state index contributed by atoms with van der Waals surface area (Å²) in [5.74, 6) is 1.01. The van der Waals surface area contributed by atoms with Crippen LogP contribution in [0.5, 0.6) is 5.75 Å². The number of amides is 1. The first-order chi connectivity index (χ1) is 10.1. The zero-order chi connectivity index (χ0) is 15.2. The van der Waals surface area contributed by atoms with Gasteiger partial charge in [0.1, 0.15) is 5.75 Å². The van der Waals surface area contributed by atoms with Crippen LogP contribution in [0.15, 0.2) is 21.1 Å². The number of methoxy groups -OCH3 is 1. The Balaban J connectivity index is 1.71. The third kappa shape index (κ3) is 5.60. The summed E-state index contributed by atoms with van der Waals surface area (Å²) in [5.41, 5.74) is 1.08. The molecule has 0 bridgehead atoms. The molecule has 0 spiro atoms. The van der Waals surface area contributed by atoms with Gasteiger partial charge >= 0.3 is 0 Å². The van der Waals surface area contributed by atoms with Gasteiger partial charge in [-0.3, -0.25) is 4.79 Å². The minimum atomic E-state index is 0.169. The number of benzene rings is 1. The molecule has 4 nitrogen and oxygen atoms in total. The molecule has 1 aliphatic carbocycles. The van der Waals surface area contributed by atoms with Crippen LogP contribution in [-0.2, 0) is 11.3 Å². The summed E-state index contributed by atoms with van der Waals surface area (Å²) in [4.78, 5) is 11.5. The maximum Gasteiger partial charge on any atom is 0.220 e. The zero-order valence-corrected chi connectivity index (χ0v) is 15.2. The second-order valence-electron chi connectivity index (χ2n) is 5.20. The van der Waals surface area contributed by atoms with E-state index < -0.39 is 0 Å². The Morgan fingerprint density at radius 1 is 1.38 bits per heavy atom. The van der Waals surface area contributed by atoms with Crippen molar-refractivity contribution in [1.29, 1.82) is 0 Å². The van der Waals surface area contributed by atoms with Crippen LogP contribution >= 0.6 is 31.9 Å². The first-order valence-electron chi connectivity index (χ1n) is 7.12. The van der Waals surface area contributed by atoms with E-state index in [9.17, 15) is 4.79 Å². The summed E-state index contributed by atoms with van der Waals surface area (Å²) >= 11 is 6.97. The highest BCUT2D eigenvalue weighted by atomic mass is 79.9. The Kier molecular flexibility index (Phi) is 6.51. The molecule has 1 aliphatic rings. The average Bonchev–Trinajstić information content (AvgIpc) is 3.21. The van der Waals surface area contributed by atoms with Crippen LogP contribution < -0.4 is 15.4 Å². The Morgan fingerprint density at radius 3 is 2.81 bits per heavy atom. The van der Waals surface area contributed by atoms with Gasteiger partial charge in [-0.25, -0.2) is 0 Å². The first-order valence-corrected chi connectivity index (χ1v) is 8.70. The molecule has 116 valence electrons. The van der Waals surface area contributed by atoms with Gasteiger partial charge in [0.05, 0.1) is 11.6 Å². The maximum atomic E-state index is 11.5. The summed E-state index contributed by atoms with van der Waals surface area (Å²) in [7, 11) is 1.67. The molecule has 0 radical (unpaired) electrons. The van der Waals surface area contributed by atoms with Gasteiger partial charge in [-0.15, -0.1) is 0 Å². The third-order valence-corrected chi connectivity index (χ3v) is 4.35. The highest BCUT2D eigenvalue weighted by Crippen LogP contribution is 2.32. The predicted octanol–water partition coefficient (Wildman–Crippen LogP) is 3.37. The lowest BCUT2D eigenvalue weighted by atomic mass is 10.2. The molecule has 0 aromatic heterocycles. The SMILES string of the molecule is COc1c(Br)cc(Br)cc1CNCCCC(=O)NC1CC1. The summed E-state index contributed by atoms with van der Waals surface area (Å²) < 4.78 is 7.35. The number of carbonyl (C=O) groups excluding carboxylic acids is 1. The summed E-state index contributed by atoms with van der Waals surface area (Å²) in [6, 6.07) is 4.45. The van der Waals surface area contributed by atoms with Gasteiger partial charge in [0.25, 0.3) is 0 Å². The van der Waals surface area contributed by atoms with Crippen LogP contribution in [0, 0.1) is 0 Å². The van der Waals surface area contributed by atoms with Crippen LogP contribution in [0.2, 0.25) is 0 Å². The smallest absolute Gasteiger partial charge is 0.220 e. The molecule has 0 unspecified atom stereocenters. The van der Waals surface area contributed by atoms with E-state index in [0.29, 0.717) is 19.0 Å². The van der Waals surface area contributed by atoms with Gasteiger partial charge in [0.2, 0.25) is 5.91 Å². The lowest BCUT2D eigenvalue weighted by Crippen LogP contribution is -2.26. The fraction of sp³-hybridized carbons (Fsp3) is 0.533. The van der Waals surface area contributed by atoms with Gasteiger partial charge in [-0.1, -0.05) is 15.9 Å². The van der Waals surface area contributed by atoms with E-state index in [1.54, 1.807) is 7.11 Å². The molecule has 0 atom stereocenters. The first kappa shape index (κ1) is 16.8. The normalized spacial score (nSPS) is 14.0. The molecule has 2 rings (SSSR count). The van der Waals surface area contributed by atoms with E-state index in [2.05, 4.69) is 42.5 Å². The van der Waals surface area contributed by atoms with Crippen molar-refractivity contribution in [2.75, 3.05) is 13.7 Å². The molecule has 0 aliphatic heterocycles. The molecular weight excluding hydrogens is 400 g/mol. The van der Waals surface area contributed by atoms with Crippen molar-refractivity contribution < 1.29 is 9.53 Å². The number of ether oxygens (including phenoxy) is 1. The predicted molar refractivity (Wildman–Crippen MR) is 90.5 cm³/mol. The second-order valence-corrected chi connectivity index (χ2v) is 6.97. The molecule has 0 heterocycles. The van der Waals surface area contributed by atoms with Gasteiger partial charge in [0, 0.05) is 29.0 Å². The minimum absolute atomic E-state index is 0.169. The van der Waals surface area contributed by atoms with E-state index in [-0.39, 0.29) is 5.91 Å². The Morgan fingerprint density at radius 2 is 2.14 bits per heavy atom. The quantitative estimate of drug-likeness (QED) is 0.635. The molecular formula is C15H20Br2N2O2. The Labute approximate surface area is 142 Å². The van der Waals surface area contributed by atoms with Crippen molar-refractivity contribution in [3.8, 4) is 5.75 Å². The van der Waals surface area contributed by atoms with Crippen molar-refractivity contribution in [2.24, 2.45) is 0 Å². The molecule has 21 heavy (non-hydrogen) atoms. The number of nitrogens with one attached hydrogen (secondary N) is 2. The highest BCUT2D eigenvalue weighted by molar-refractivity contribution is 9.11. The van der Waals surface area contributed by atoms with Crippen LogP contribution in [0.3, 0.4) is 0 Å². The minimum Gasteiger partial charge on any atom is -0.495 e. The van der Waals surface area contributed by atoms with E-state index >= 15 is 0 Å². The molecule has 1 aromatic carbocycles. The molecule has 6 heteroatoms. The topological polar surface area (TPSA) is 50.4 Å². The number of carbonyl (C=O) groups is 1. The lowest BCUT2D eigenvalue weighted by molar-refractivity contribution is -0.121. The van der Waals surface area contributed by atoms with E-state index in [0.717, 1.165) is 46.1 Å². The second kappa shape index (κ2) is 8.15. The summed E-state index contributed by atoms with van der Waals surface area (Å²) in [6.45, 7) is 1.52. The van der Waals surface area contributed by atoms with Gasteiger partial charge in [0.15, 0.2) is 0 Å². The van der Waals surface area contributed by atoms with Crippen molar-refractivity contribution in [3.05, 3.63) is 26.6 Å². The van der Waals surface area contributed by atoms with Gasteiger partial charge < -0.3 is 15.4 Å². The average molecular weight is 420 g/mol. The number of hydrogen-bond acceptors (Lipinski definition) is 3. The summed E-state index contributed by atoms with van der Waals surface area (Å²) in [6.07, 6.45) is 3.71. The van der Waals surface area contributed by atoms with Gasteiger partial charge in [-0.05, 0) is 53.9 Å². The van der Waals surface area contributed by atoms with Crippen LogP contribution in [-0.4, -0.2) is 25.6 Å². The van der Waals surface area contributed by atoms with E-state index in [4.69, 9.17) is 4.74 Å². The monoisotopic (exact) mass is 418 g/mol. The fourth-order valence-corrected chi connectivity index (χ4v) is 3.57. The van der Waals surface area contributed by atoms with Crippen molar-refractivity contribution >= 4 is 37.8 Å². The van der Waals surface area contributed by atoms with Crippen molar-refractivity contribution in [3.63, 3.8) is 0 Å². The van der Waals surface area contributed by atoms with E-state index in [1.165, 1.54) is 0 Å². The highest BCUT2D eigenvalue weighted by Gasteiger charge is 2.22. The Hall–Kier alpha value is -0.590. The van der Waals surface area contributed by atoms with Crippen LogP contribution in [0.4, 0.5) is 0 Å². The summed E-state index contributed by atoms with van der Waals surface area (Å²) in [5, 5.41) is 6.35.